The zero-order chi connectivity index (χ0) is 19.8. The van der Waals surface area contributed by atoms with Gasteiger partial charge in [0.25, 0.3) is 0 Å². The molecule has 2 aliphatic heterocycles. The Balaban J connectivity index is 0.00000218. The summed E-state index contributed by atoms with van der Waals surface area (Å²) in [7, 11) is 0. The van der Waals surface area contributed by atoms with Crippen molar-refractivity contribution in [2.45, 2.75) is 6.61 Å². The fourth-order valence-corrected chi connectivity index (χ4v) is 4.26. The lowest BCUT2D eigenvalue weighted by Gasteiger charge is -2.29. The first kappa shape index (κ1) is 20.8. The SMILES string of the molecule is Cl.Clc1cccc(Cl)c1COc1ccc(C2=Cc3ccccc3C3=NCCN23)cc1. The monoisotopic (exact) mass is 456 g/mol. The van der Waals surface area contributed by atoms with E-state index in [9.17, 15) is 0 Å². The molecule has 6 heteroatoms. The van der Waals surface area contributed by atoms with Crippen LogP contribution in [0.3, 0.4) is 0 Å². The van der Waals surface area contributed by atoms with Crippen LogP contribution in [0.1, 0.15) is 22.3 Å². The maximum Gasteiger partial charge on any atom is 0.136 e. The van der Waals surface area contributed by atoms with Crippen molar-refractivity contribution in [2.24, 2.45) is 4.99 Å². The molecule has 0 fully saturated rings. The van der Waals surface area contributed by atoms with Crippen LogP contribution in [-0.2, 0) is 6.61 Å². The van der Waals surface area contributed by atoms with Gasteiger partial charge in [0.2, 0.25) is 0 Å². The molecule has 3 aromatic carbocycles. The normalized spacial score (nSPS) is 14.3. The zero-order valence-electron chi connectivity index (χ0n) is 16.0. The average Bonchev–Trinajstić information content (AvgIpc) is 3.24. The number of rotatable bonds is 4. The van der Waals surface area contributed by atoms with Crippen molar-refractivity contribution in [1.29, 1.82) is 0 Å². The lowest BCUT2D eigenvalue weighted by Crippen LogP contribution is -2.30. The summed E-state index contributed by atoms with van der Waals surface area (Å²) >= 11 is 12.5. The average molecular weight is 458 g/mol. The highest BCUT2D eigenvalue weighted by atomic mass is 35.5. The summed E-state index contributed by atoms with van der Waals surface area (Å²) in [6.45, 7) is 2.05. The maximum atomic E-state index is 6.23. The number of aliphatic imine (C=N–C) groups is 1. The Morgan fingerprint density at radius 2 is 1.63 bits per heavy atom. The number of benzene rings is 3. The molecule has 0 amide bonds. The van der Waals surface area contributed by atoms with Gasteiger partial charge in [-0.15, -0.1) is 12.4 Å². The van der Waals surface area contributed by atoms with Crippen molar-refractivity contribution in [3.05, 3.63) is 99.0 Å². The van der Waals surface area contributed by atoms with Gasteiger partial charge in [-0.05, 0) is 53.6 Å². The summed E-state index contributed by atoms with van der Waals surface area (Å²) in [5, 5.41) is 1.22. The molecular weight excluding hydrogens is 439 g/mol. The minimum atomic E-state index is 0. The van der Waals surface area contributed by atoms with Gasteiger partial charge in [0.05, 0.1) is 12.2 Å². The summed E-state index contributed by atoms with van der Waals surface area (Å²) in [5.41, 5.74) is 5.50. The van der Waals surface area contributed by atoms with Crippen molar-refractivity contribution >= 4 is 53.2 Å². The molecule has 3 aromatic rings. The third-order valence-electron chi connectivity index (χ3n) is 5.22. The van der Waals surface area contributed by atoms with E-state index in [1.54, 1.807) is 0 Å². The molecule has 0 aromatic heterocycles. The number of amidine groups is 1. The molecule has 0 bridgehead atoms. The van der Waals surface area contributed by atoms with Crippen LogP contribution in [0.4, 0.5) is 0 Å². The van der Waals surface area contributed by atoms with Gasteiger partial charge in [-0.25, -0.2) is 0 Å². The molecule has 152 valence electrons. The lowest BCUT2D eigenvalue weighted by atomic mass is 9.97. The molecule has 0 saturated carbocycles. The van der Waals surface area contributed by atoms with Crippen LogP contribution in [0.2, 0.25) is 10.0 Å². The minimum Gasteiger partial charge on any atom is -0.489 e. The van der Waals surface area contributed by atoms with Crippen LogP contribution in [0.25, 0.3) is 11.8 Å². The van der Waals surface area contributed by atoms with Crippen molar-refractivity contribution < 1.29 is 4.74 Å². The van der Waals surface area contributed by atoms with Gasteiger partial charge >= 0.3 is 0 Å². The summed E-state index contributed by atoms with van der Waals surface area (Å²) in [5.74, 6) is 1.84. The minimum absolute atomic E-state index is 0. The van der Waals surface area contributed by atoms with E-state index in [2.05, 4.69) is 47.4 Å². The Kier molecular flexibility index (Phi) is 6.05. The van der Waals surface area contributed by atoms with E-state index in [0.29, 0.717) is 16.7 Å². The van der Waals surface area contributed by atoms with E-state index in [0.717, 1.165) is 35.8 Å². The predicted octanol–water partition coefficient (Wildman–Crippen LogP) is 6.57. The highest BCUT2D eigenvalue weighted by molar-refractivity contribution is 6.35. The summed E-state index contributed by atoms with van der Waals surface area (Å²) in [6.07, 6.45) is 2.24. The summed E-state index contributed by atoms with van der Waals surface area (Å²) in [4.78, 5) is 7.02. The molecule has 0 unspecified atom stereocenters. The van der Waals surface area contributed by atoms with Crippen molar-refractivity contribution in [3.63, 3.8) is 0 Å². The van der Waals surface area contributed by atoms with Gasteiger partial charge in [-0.2, -0.15) is 0 Å². The molecule has 0 spiro atoms. The van der Waals surface area contributed by atoms with Gasteiger partial charge in [0, 0.05) is 27.7 Å². The molecule has 5 rings (SSSR count). The Hall–Kier alpha value is -2.46. The molecule has 0 radical (unpaired) electrons. The largest absolute Gasteiger partial charge is 0.489 e. The van der Waals surface area contributed by atoms with Gasteiger partial charge in [0.1, 0.15) is 18.2 Å². The number of halogens is 3. The smallest absolute Gasteiger partial charge is 0.136 e. The van der Waals surface area contributed by atoms with Crippen molar-refractivity contribution in [2.75, 3.05) is 13.1 Å². The quantitative estimate of drug-likeness (QED) is 0.443. The molecule has 0 saturated heterocycles. The number of hydrogen-bond acceptors (Lipinski definition) is 3. The first-order chi connectivity index (χ1) is 14.2. The molecule has 0 N–H and O–H groups in total. The Morgan fingerprint density at radius 1 is 0.900 bits per heavy atom. The third-order valence-corrected chi connectivity index (χ3v) is 5.93. The van der Waals surface area contributed by atoms with Gasteiger partial charge in [-0.1, -0.05) is 53.5 Å². The second-order valence-corrected chi connectivity index (χ2v) is 7.80. The third kappa shape index (κ3) is 3.81. The fraction of sp³-hybridized carbons (Fsp3) is 0.125. The first-order valence-corrected chi connectivity index (χ1v) is 10.3. The van der Waals surface area contributed by atoms with E-state index >= 15 is 0 Å². The van der Waals surface area contributed by atoms with E-state index < -0.39 is 0 Å². The molecule has 0 aliphatic carbocycles. The number of ether oxygens (including phenoxy) is 1. The molecule has 2 heterocycles. The van der Waals surface area contributed by atoms with E-state index in [1.807, 2.05) is 30.3 Å². The van der Waals surface area contributed by atoms with Crippen LogP contribution in [0, 0.1) is 0 Å². The van der Waals surface area contributed by atoms with Crippen LogP contribution in [0.15, 0.2) is 71.7 Å². The number of hydrogen-bond donors (Lipinski definition) is 0. The van der Waals surface area contributed by atoms with E-state index in [1.165, 1.54) is 16.8 Å². The zero-order valence-corrected chi connectivity index (χ0v) is 18.3. The molecular formula is C24H19Cl3N2O. The first-order valence-electron chi connectivity index (χ1n) is 9.50. The predicted molar refractivity (Wildman–Crippen MR) is 127 cm³/mol. The van der Waals surface area contributed by atoms with E-state index in [-0.39, 0.29) is 12.4 Å². The van der Waals surface area contributed by atoms with Crippen LogP contribution < -0.4 is 4.74 Å². The number of fused-ring (bicyclic) bond motifs is 3. The lowest BCUT2D eigenvalue weighted by molar-refractivity contribution is 0.306. The highest BCUT2D eigenvalue weighted by Gasteiger charge is 2.28. The molecule has 0 atom stereocenters. The Labute approximate surface area is 192 Å². The standard InChI is InChI=1S/C24H18Cl2N2O.ClH/c25-21-6-3-7-22(26)20(21)15-29-18-10-8-16(9-11-18)23-14-17-4-1-2-5-19(17)24-27-12-13-28(23)24;/h1-11,14H,12-13,15H2;1H. The van der Waals surface area contributed by atoms with Gasteiger partial charge in [0.15, 0.2) is 0 Å². The number of nitrogens with zero attached hydrogens (tertiary/aromatic N) is 2. The highest BCUT2D eigenvalue weighted by Crippen LogP contribution is 2.34. The van der Waals surface area contributed by atoms with Gasteiger partial charge in [-0.3, -0.25) is 4.99 Å². The van der Waals surface area contributed by atoms with Crippen LogP contribution in [-0.4, -0.2) is 23.8 Å². The van der Waals surface area contributed by atoms with Crippen molar-refractivity contribution in [1.82, 2.24) is 4.90 Å². The van der Waals surface area contributed by atoms with Gasteiger partial charge < -0.3 is 9.64 Å². The second-order valence-electron chi connectivity index (χ2n) is 6.99. The molecule has 3 nitrogen and oxygen atoms in total. The van der Waals surface area contributed by atoms with Crippen LogP contribution >= 0.6 is 35.6 Å². The summed E-state index contributed by atoms with van der Waals surface area (Å²) < 4.78 is 5.91. The van der Waals surface area contributed by atoms with E-state index in [4.69, 9.17) is 32.9 Å². The Morgan fingerprint density at radius 3 is 2.40 bits per heavy atom. The topological polar surface area (TPSA) is 24.8 Å². The summed E-state index contributed by atoms with van der Waals surface area (Å²) in [6, 6.07) is 22.0. The fourth-order valence-electron chi connectivity index (χ4n) is 3.75. The molecule has 2 aliphatic rings. The van der Waals surface area contributed by atoms with Crippen LogP contribution in [0.5, 0.6) is 5.75 Å². The second kappa shape index (κ2) is 8.73. The maximum absolute atomic E-state index is 6.23. The van der Waals surface area contributed by atoms with Crippen molar-refractivity contribution in [3.8, 4) is 5.75 Å². The Bertz CT molecular complexity index is 1120. The molecule has 30 heavy (non-hydrogen) atoms.